The van der Waals surface area contributed by atoms with E-state index in [-0.39, 0.29) is 6.42 Å². The summed E-state index contributed by atoms with van der Waals surface area (Å²) in [6, 6.07) is 0. The van der Waals surface area contributed by atoms with E-state index in [9.17, 15) is 8.42 Å². The maximum Gasteiger partial charge on any atom is 0.292 e. The van der Waals surface area contributed by atoms with Crippen LogP contribution in [0.2, 0.25) is 0 Å². The predicted molar refractivity (Wildman–Crippen MR) is 83.4 cm³/mol. The van der Waals surface area contributed by atoms with Crippen LogP contribution in [0.15, 0.2) is 0 Å². The van der Waals surface area contributed by atoms with Gasteiger partial charge in [-0.15, -0.1) is 0 Å². The molecule has 122 valence electrons. The predicted octanol–water partition coefficient (Wildman–Crippen LogP) is 4.55. The van der Waals surface area contributed by atoms with Gasteiger partial charge in [0, 0.05) is 6.61 Å². The third-order valence-corrected chi connectivity index (χ3v) is 4.60. The number of rotatable bonds is 14. The number of hydrogen-bond donors (Lipinski definition) is 1. The van der Waals surface area contributed by atoms with Gasteiger partial charge in [0.1, 0.15) is 0 Å². The molecule has 0 aromatic carbocycles. The van der Waals surface area contributed by atoms with Crippen LogP contribution in [0.1, 0.15) is 84.5 Å². The van der Waals surface area contributed by atoms with Gasteiger partial charge in [-0.1, -0.05) is 71.6 Å². The highest BCUT2D eigenvalue weighted by atomic mass is 32.2. The minimum Gasteiger partial charge on any atom is -0.360 e. The Kier molecular flexibility index (Phi) is 12.5. The van der Waals surface area contributed by atoms with E-state index in [4.69, 9.17) is 9.29 Å². The van der Waals surface area contributed by atoms with Crippen LogP contribution in [0.5, 0.6) is 0 Å². The van der Waals surface area contributed by atoms with Crippen LogP contribution in [-0.4, -0.2) is 25.0 Å². The lowest BCUT2D eigenvalue weighted by Gasteiger charge is -2.12. The molecule has 4 nitrogen and oxygen atoms in total. The molecule has 0 aromatic rings. The lowest BCUT2D eigenvalue weighted by atomic mass is 10.1. The summed E-state index contributed by atoms with van der Waals surface area (Å²) < 4.78 is 35.9. The van der Waals surface area contributed by atoms with Crippen LogP contribution in [0.25, 0.3) is 0 Å². The maximum absolute atomic E-state index is 10.9. The van der Waals surface area contributed by atoms with E-state index in [0.717, 1.165) is 12.8 Å². The molecule has 1 unspecified atom stereocenters. The third kappa shape index (κ3) is 11.7. The van der Waals surface area contributed by atoms with Gasteiger partial charge in [-0.05, 0) is 12.8 Å². The van der Waals surface area contributed by atoms with E-state index in [1.54, 1.807) is 6.92 Å². The van der Waals surface area contributed by atoms with Crippen molar-refractivity contribution in [2.24, 2.45) is 0 Å². The Labute approximate surface area is 125 Å². The molecule has 0 amide bonds. The second kappa shape index (κ2) is 12.6. The molecule has 0 aliphatic heterocycles. The molecular formula is C15H32O4S. The van der Waals surface area contributed by atoms with Gasteiger partial charge in [-0.2, -0.15) is 8.42 Å². The fourth-order valence-electron chi connectivity index (χ4n) is 2.22. The van der Waals surface area contributed by atoms with Gasteiger partial charge in [-0.3, -0.25) is 4.55 Å². The van der Waals surface area contributed by atoms with Crippen LogP contribution in [0.3, 0.4) is 0 Å². The Hall–Kier alpha value is -0.130. The van der Waals surface area contributed by atoms with E-state index in [1.807, 2.05) is 0 Å². The molecule has 0 saturated heterocycles. The normalized spacial score (nSPS) is 13.6. The van der Waals surface area contributed by atoms with E-state index in [0.29, 0.717) is 6.61 Å². The van der Waals surface area contributed by atoms with Crippen LogP contribution in [-0.2, 0) is 14.9 Å². The summed E-state index contributed by atoms with van der Waals surface area (Å²) in [5.41, 5.74) is -1.05. The quantitative estimate of drug-likeness (QED) is 0.378. The summed E-state index contributed by atoms with van der Waals surface area (Å²) in [7, 11) is -4.05. The first-order chi connectivity index (χ1) is 9.52. The fraction of sp³-hybridized carbons (Fsp3) is 1.00. The molecule has 0 saturated carbocycles. The highest BCUT2D eigenvalue weighted by Gasteiger charge is 2.20. The Morgan fingerprint density at radius 3 is 1.70 bits per heavy atom. The summed E-state index contributed by atoms with van der Waals surface area (Å²) in [6.07, 6.45) is 12.6. The first-order valence-electron chi connectivity index (χ1n) is 8.10. The van der Waals surface area contributed by atoms with Crippen molar-refractivity contribution >= 4 is 10.1 Å². The Bertz CT molecular complexity index is 301. The summed E-state index contributed by atoms with van der Waals surface area (Å²) >= 11 is 0. The first-order valence-corrected chi connectivity index (χ1v) is 9.60. The molecule has 0 fully saturated rings. The molecule has 0 heterocycles. The zero-order valence-corrected chi connectivity index (χ0v) is 14.0. The number of unbranched alkanes of at least 4 members (excludes halogenated alkanes) is 9. The lowest BCUT2D eigenvalue weighted by molar-refractivity contribution is 0.0930. The van der Waals surface area contributed by atoms with Crippen LogP contribution in [0.4, 0.5) is 0 Å². The summed E-state index contributed by atoms with van der Waals surface area (Å²) in [5.74, 6) is 0. The minimum absolute atomic E-state index is 0.288. The molecule has 0 aliphatic carbocycles. The molecule has 0 rings (SSSR count). The molecule has 0 bridgehead atoms. The average molecular weight is 308 g/mol. The van der Waals surface area contributed by atoms with E-state index in [1.165, 1.54) is 51.4 Å². The monoisotopic (exact) mass is 308 g/mol. The van der Waals surface area contributed by atoms with Gasteiger partial charge in [0.05, 0.1) is 0 Å². The van der Waals surface area contributed by atoms with Crippen LogP contribution >= 0.6 is 0 Å². The van der Waals surface area contributed by atoms with Crippen molar-refractivity contribution in [2.75, 3.05) is 6.61 Å². The average Bonchev–Trinajstić information content (AvgIpc) is 2.38. The molecular weight excluding hydrogens is 276 g/mol. The van der Waals surface area contributed by atoms with Crippen molar-refractivity contribution in [3.8, 4) is 0 Å². The fourth-order valence-corrected chi connectivity index (χ4v) is 2.91. The summed E-state index contributed by atoms with van der Waals surface area (Å²) in [4.78, 5) is 0. The largest absolute Gasteiger partial charge is 0.360 e. The van der Waals surface area contributed by atoms with Crippen molar-refractivity contribution in [1.82, 2.24) is 0 Å². The highest BCUT2D eigenvalue weighted by molar-refractivity contribution is 7.86. The van der Waals surface area contributed by atoms with Crippen LogP contribution in [0, 0.1) is 0 Å². The SMILES string of the molecule is CCCCCCCCCCCCOC(CC)S(=O)(=O)O. The van der Waals surface area contributed by atoms with Gasteiger partial charge in [0.15, 0.2) is 5.44 Å². The van der Waals surface area contributed by atoms with Crippen molar-refractivity contribution in [3.05, 3.63) is 0 Å². The van der Waals surface area contributed by atoms with Gasteiger partial charge in [-0.25, -0.2) is 0 Å². The van der Waals surface area contributed by atoms with Crippen molar-refractivity contribution in [3.63, 3.8) is 0 Å². The number of hydrogen-bond acceptors (Lipinski definition) is 3. The Balaban J connectivity index is 3.32. The van der Waals surface area contributed by atoms with Crippen molar-refractivity contribution < 1.29 is 17.7 Å². The van der Waals surface area contributed by atoms with Gasteiger partial charge < -0.3 is 4.74 Å². The Morgan fingerprint density at radius 2 is 1.30 bits per heavy atom. The Morgan fingerprint density at radius 1 is 0.850 bits per heavy atom. The lowest BCUT2D eigenvalue weighted by Crippen LogP contribution is -2.23. The minimum atomic E-state index is -4.05. The summed E-state index contributed by atoms with van der Waals surface area (Å²) in [5, 5.41) is 0. The third-order valence-electron chi connectivity index (χ3n) is 3.47. The van der Waals surface area contributed by atoms with Crippen molar-refractivity contribution in [1.29, 1.82) is 0 Å². The maximum atomic E-state index is 10.9. The molecule has 1 atom stereocenters. The van der Waals surface area contributed by atoms with Crippen LogP contribution < -0.4 is 0 Å². The topological polar surface area (TPSA) is 63.6 Å². The van der Waals surface area contributed by atoms with Gasteiger partial charge >= 0.3 is 0 Å². The number of ether oxygens (including phenoxy) is 1. The molecule has 0 radical (unpaired) electrons. The molecule has 0 aromatic heterocycles. The van der Waals surface area contributed by atoms with E-state index in [2.05, 4.69) is 6.92 Å². The van der Waals surface area contributed by atoms with E-state index >= 15 is 0 Å². The molecule has 20 heavy (non-hydrogen) atoms. The standard InChI is InChI=1S/C15H32O4S/c1-3-5-6-7-8-9-10-11-12-13-14-19-15(4-2)20(16,17)18/h15H,3-14H2,1-2H3,(H,16,17,18). The second-order valence-electron chi connectivity index (χ2n) is 5.41. The first kappa shape index (κ1) is 19.9. The summed E-state index contributed by atoms with van der Waals surface area (Å²) in [6.45, 7) is 4.33. The van der Waals surface area contributed by atoms with E-state index < -0.39 is 15.6 Å². The van der Waals surface area contributed by atoms with Gasteiger partial charge in [0.2, 0.25) is 0 Å². The highest BCUT2D eigenvalue weighted by Crippen LogP contribution is 2.11. The smallest absolute Gasteiger partial charge is 0.292 e. The van der Waals surface area contributed by atoms with Crippen molar-refractivity contribution in [2.45, 2.75) is 89.9 Å². The zero-order valence-electron chi connectivity index (χ0n) is 13.1. The molecule has 1 N–H and O–H groups in total. The molecule has 0 aliphatic rings. The molecule has 0 spiro atoms. The zero-order chi connectivity index (χ0) is 15.3. The van der Waals surface area contributed by atoms with Gasteiger partial charge in [0.25, 0.3) is 10.1 Å². The molecule has 5 heteroatoms. The second-order valence-corrected chi connectivity index (χ2v) is 6.96.